The lowest BCUT2D eigenvalue weighted by Crippen LogP contribution is -2.31. The molecule has 0 aromatic heterocycles. The highest BCUT2D eigenvalue weighted by Crippen LogP contribution is 2.12. The van der Waals surface area contributed by atoms with Gasteiger partial charge in [0.05, 0.1) is 6.04 Å². The van der Waals surface area contributed by atoms with Crippen molar-refractivity contribution in [2.24, 2.45) is 11.5 Å². The molecule has 1 amide bonds. The Balaban J connectivity index is 2.63. The number of primary amides is 1. The van der Waals surface area contributed by atoms with E-state index in [4.69, 9.17) is 16.6 Å². The van der Waals surface area contributed by atoms with Crippen LogP contribution in [0.4, 0.5) is 0 Å². The molecule has 0 aliphatic rings. The van der Waals surface area contributed by atoms with Gasteiger partial charge in [-0.3, -0.25) is 9.59 Å². The van der Waals surface area contributed by atoms with Gasteiger partial charge in [-0.25, -0.2) is 0 Å². The minimum atomic E-state index is -0.739. The zero-order valence-corrected chi connectivity index (χ0v) is 8.72. The number of Topliss-reactive ketones (excluding diaryl/α,β-unsaturated/α-hetero) is 1. The van der Waals surface area contributed by atoms with Crippen molar-refractivity contribution in [3.05, 3.63) is 29.8 Å². The fourth-order valence-electron chi connectivity index (χ4n) is 1.27. The fourth-order valence-corrected chi connectivity index (χ4v) is 1.27. The van der Waals surface area contributed by atoms with Gasteiger partial charge in [-0.15, -0.1) is 0 Å². The number of aromatic hydroxyl groups is 1. The zero-order chi connectivity index (χ0) is 12.1. The smallest absolute Gasteiger partial charge is 0.217 e. The van der Waals surface area contributed by atoms with Gasteiger partial charge in [0.1, 0.15) is 5.75 Å². The van der Waals surface area contributed by atoms with Crippen molar-refractivity contribution < 1.29 is 14.7 Å². The van der Waals surface area contributed by atoms with E-state index in [1.54, 1.807) is 0 Å². The lowest BCUT2D eigenvalue weighted by Gasteiger charge is -2.09. The number of hydrogen-bond acceptors (Lipinski definition) is 4. The molecule has 0 saturated carbocycles. The number of rotatable bonds is 5. The average Bonchev–Trinajstić information content (AvgIpc) is 2.26. The van der Waals surface area contributed by atoms with E-state index >= 15 is 0 Å². The van der Waals surface area contributed by atoms with Crippen LogP contribution in [-0.2, 0) is 4.79 Å². The molecule has 5 nitrogen and oxygen atoms in total. The zero-order valence-electron chi connectivity index (χ0n) is 8.72. The highest BCUT2D eigenvalue weighted by molar-refractivity contribution is 6.00. The fraction of sp³-hybridized carbons (Fsp3) is 0.273. The minimum absolute atomic E-state index is 0.0854. The normalized spacial score (nSPS) is 12.1. The molecule has 5 N–H and O–H groups in total. The first-order valence-corrected chi connectivity index (χ1v) is 4.88. The Hall–Kier alpha value is -1.88. The van der Waals surface area contributed by atoms with Crippen LogP contribution in [-0.4, -0.2) is 22.8 Å². The van der Waals surface area contributed by atoms with Crippen LogP contribution in [0.3, 0.4) is 0 Å². The molecule has 16 heavy (non-hydrogen) atoms. The molecule has 1 atom stereocenters. The molecule has 1 rings (SSSR count). The first-order valence-electron chi connectivity index (χ1n) is 4.88. The van der Waals surface area contributed by atoms with Crippen LogP contribution in [0.15, 0.2) is 24.3 Å². The summed E-state index contributed by atoms with van der Waals surface area (Å²) < 4.78 is 0. The van der Waals surface area contributed by atoms with Crippen LogP contribution in [0.2, 0.25) is 0 Å². The van der Waals surface area contributed by atoms with Gasteiger partial charge in [0, 0.05) is 12.0 Å². The molecule has 0 radical (unpaired) electrons. The minimum Gasteiger partial charge on any atom is -0.508 e. The van der Waals surface area contributed by atoms with Gasteiger partial charge < -0.3 is 16.6 Å². The molecule has 0 saturated heterocycles. The maximum atomic E-state index is 11.7. The summed E-state index contributed by atoms with van der Waals surface area (Å²) in [5, 5.41) is 9.05. The molecule has 0 heterocycles. The predicted octanol–water partition coefficient (Wildman–Crippen LogP) is 0.168. The number of amides is 1. The van der Waals surface area contributed by atoms with Crippen LogP contribution in [0.5, 0.6) is 5.75 Å². The number of carbonyl (C=O) groups is 2. The second-order valence-corrected chi connectivity index (χ2v) is 3.52. The third-order valence-electron chi connectivity index (χ3n) is 2.19. The molecule has 0 aliphatic carbocycles. The van der Waals surface area contributed by atoms with Gasteiger partial charge in [0.15, 0.2) is 5.78 Å². The summed E-state index contributed by atoms with van der Waals surface area (Å²) in [6.45, 7) is 0. The number of ketones is 1. The Morgan fingerprint density at radius 2 is 1.81 bits per heavy atom. The van der Waals surface area contributed by atoms with Gasteiger partial charge in [0.25, 0.3) is 0 Å². The van der Waals surface area contributed by atoms with E-state index in [1.165, 1.54) is 24.3 Å². The number of phenols is 1. The summed E-state index contributed by atoms with van der Waals surface area (Å²) in [5.41, 5.74) is 11.0. The molecule has 0 aliphatic heterocycles. The van der Waals surface area contributed by atoms with E-state index in [2.05, 4.69) is 0 Å². The summed E-state index contributed by atoms with van der Waals surface area (Å²) in [6, 6.07) is 5.06. The Morgan fingerprint density at radius 3 is 2.31 bits per heavy atom. The quantitative estimate of drug-likeness (QED) is 0.617. The van der Waals surface area contributed by atoms with E-state index in [0.29, 0.717) is 5.56 Å². The predicted molar refractivity (Wildman–Crippen MR) is 58.8 cm³/mol. The van der Waals surface area contributed by atoms with Crippen molar-refractivity contribution in [3.8, 4) is 5.75 Å². The highest BCUT2D eigenvalue weighted by Gasteiger charge is 2.16. The number of nitrogens with two attached hydrogens (primary N) is 2. The Morgan fingerprint density at radius 1 is 1.25 bits per heavy atom. The molecule has 0 fully saturated rings. The van der Waals surface area contributed by atoms with Crippen LogP contribution in [0.25, 0.3) is 0 Å². The van der Waals surface area contributed by atoms with Gasteiger partial charge >= 0.3 is 0 Å². The second-order valence-electron chi connectivity index (χ2n) is 3.52. The molecular weight excluding hydrogens is 208 g/mol. The van der Waals surface area contributed by atoms with E-state index in [9.17, 15) is 9.59 Å². The van der Waals surface area contributed by atoms with Crippen molar-refractivity contribution in [2.75, 3.05) is 0 Å². The number of benzene rings is 1. The van der Waals surface area contributed by atoms with Gasteiger partial charge in [0.2, 0.25) is 5.91 Å². The van der Waals surface area contributed by atoms with Crippen molar-refractivity contribution in [1.82, 2.24) is 0 Å². The SMILES string of the molecule is NC(=O)CC[C@@H](N)C(=O)c1ccc(O)cc1. The van der Waals surface area contributed by atoms with Crippen LogP contribution in [0, 0.1) is 0 Å². The van der Waals surface area contributed by atoms with Crippen LogP contribution in [0.1, 0.15) is 23.2 Å². The van der Waals surface area contributed by atoms with Crippen LogP contribution < -0.4 is 11.5 Å². The Kier molecular flexibility index (Phi) is 4.02. The maximum Gasteiger partial charge on any atom is 0.217 e. The van der Waals surface area contributed by atoms with Crippen molar-refractivity contribution in [2.45, 2.75) is 18.9 Å². The first-order chi connectivity index (χ1) is 7.50. The second kappa shape index (κ2) is 5.27. The maximum absolute atomic E-state index is 11.7. The summed E-state index contributed by atoms with van der Waals surface area (Å²) in [7, 11) is 0. The Bertz CT molecular complexity index is 387. The summed E-state index contributed by atoms with van der Waals surface area (Å²) in [6.07, 6.45) is 0.319. The molecule has 5 heteroatoms. The van der Waals surface area contributed by atoms with E-state index < -0.39 is 11.9 Å². The van der Waals surface area contributed by atoms with Crippen molar-refractivity contribution in [1.29, 1.82) is 0 Å². The molecule has 1 aromatic carbocycles. The molecule has 0 spiro atoms. The molecule has 0 unspecified atom stereocenters. The number of carbonyl (C=O) groups excluding carboxylic acids is 2. The van der Waals surface area contributed by atoms with Gasteiger partial charge in [-0.1, -0.05) is 0 Å². The third kappa shape index (κ3) is 3.36. The highest BCUT2D eigenvalue weighted by atomic mass is 16.3. The molecule has 86 valence electrons. The van der Waals surface area contributed by atoms with Gasteiger partial charge in [-0.2, -0.15) is 0 Å². The van der Waals surface area contributed by atoms with E-state index in [-0.39, 0.29) is 24.4 Å². The summed E-state index contributed by atoms with van der Waals surface area (Å²) in [5.74, 6) is -0.655. The van der Waals surface area contributed by atoms with Crippen molar-refractivity contribution in [3.63, 3.8) is 0 Å². The number of phenolic OH excluding ortho intramolecular Hbond substituents is 1. The molecule has 0 bridgehead atoms. The van der Waals surface area contributed by atoms with E-state index in [1.807, 2.05) is 0 Å². The largest absolute Gasteiger partial charge is 0.508 e. The summed E-state index contributed by atoms with van der Waals surface area (Å²) in [4.78, 5) is 22.2. The van der Waals surface area contributed by atoms with Crippen LogP contribution >= 0.6 is 0 Å². The van der Waals surface area contributed by atoms with E-state index in [0.717, 1.165) is 0 Å². The lowest BCUT2D eigenvalue weighted by atomic mass is 10.0. The monoisotopic (exact) mass is 222 g/mol. The Labute approximate surface area is 93.1 Å². The standard InChI is InChI=1S/C11H14N2O3/c12-9(5-6-10(13)15)11(16)7-1-3-8(14)4-2-7/h1-4,9,14H,5-6,12H2,(H2,13,15)/t9-/m1/s1. The average molecular weight is 222 g/mol. The summed E-state index contributed by atoms with van der Waals surface area (Å²) >= 11 is 0. The lowest BCUT2D eigenvalue weighted by molar-refractivity contribution is -0.118. The van der Waals surface area contributed by atoms with Gasteiger partial charge in [-0.05, 0) is 30.7 Å². The topological polar surface area (TPSA) is 106 Å². The first kappa shape index (κ1) is 12.2. The van der Waals surface area contributed by atoms with Crippen molar-refractivity contribution >= 4 is 11.7 Å². The molecule has 1 aromatic rings. The third-order valence-corrected chi connectivity index (χ3v) is 2.19. The molecular formula is C11H14N2O3. The number of hydrogen-bond donors (Lipinski definition) is 3.